The molecule has 0 unspecified atom stereocenters. The van der Waals surface area contributed by atoms with Crippen LogP contribution in [0.25, 0.3) is 0 Å². The quantitative estimate of drug-likeness (QED) is 0.744. The summed E-state index contributed by atoms with van der Waals surface area (Å²) < 4.78 is 0. The molecule has 1 saturated carbocycles. The van der Waals surface area contributed by atoms with Crippen LogP contribution in [-0.2, 0) is 14.4 Å². The smallest absolute Gasteiger partial charge is 0.252 e. The van der Waals surface area contributed by atoms with E-state index in [0.29, 0.717) is 18.4 Å². The maximum atomic E-state index is 12.4. The van der Waals surface area contributed by atoms with Crippen molar-refractivity contribution in [1.82, 2.24) is 10.2 Å². The van der Waals surface area contributed by atoms with Gasteiger partial charge < -0.3 is 10.6 Å². The summed E-state index contributed by atoms with van der Waals surface area (Å²) in [6.45, 7) is 3.31. The van der Waals surface area contributed by atoms with Gasteiger partial charge in [-0.25, -0.2) is 0 Å². The molecule has 0 aromatic rings. The van der Waals surface area contributed by atoms with Gasteiger partial charge in [-0.1, -0.05) is 0 Å². The predicted molar refractivity (Wildman–Crippen MR) is 78.1 cm³/mol. The van der Waals surface area contributed by atoms with Crippen LogP contribution in [0, 0.1) is 5.92 Å². The minimum Gasteiger partial charge on any atom is -0.328 e. The molecule has 0 aromatic carbocycles. The van der Waals surface area contributed by atoms with E-state index in [4.69, 9.17) is 5.73 Å². The van der Waals surface area contributed by atoms with Crippen molar-refractivity contribution in [1.29, 1.82) is 0 Å². The van der Waals surface area contributed by atoms with Gasteiger partial charge in [0.25, 0.3) is 5.91 Å². The maximum absolute atomic E-state index is 12.4. The Morgan fingerprint density at radius 2 is 1.90 bits per heavy atom. The Kier molecular flexibility index (Phi) is 4.66. The zero-order chi connectivity index (χ0) is 15.6. The van der Waals surface area contributed by atoms with Crippen LogP contribution in [0.3, 0.4) is 0 Å². The lowest BCUT2D eigenvalue weighted by Crippen LogP contribution is -2.65. The maximum Gasteiger partial charge on any atom is 0.252 e. The first-order valence-electron chi connectivity index (χ1n) is 7.71. The van der Waals surface area contributed by atoms with Crippen molar-refractivity contribution in [2.45, 2.75) is 64.0 Å². The lowest BCUT2D eigenvalue weighted by Gasteiger charge is -2.40. The van der Waals surface area contributed by atoms with Crippen LogP contribution in [0.2, 0.25) is 0 Å². The lowest BCUT2D eigenvalue weighted by atomic mass is 9.83. The number of nitrogens with two attached hydrogens (primary N) is 1. The highest BCUT2D eigenvalue weighted by atomic mass is 16.2. The third-order valence-electron chi connectivity index (χ3n) is 4.74. The van der Waals surface area contributed by atoms with Crippen molar-refractivity contribution < 1.29 is 14.4 Å². The van der Waals surface area contributed by atoms with Gasteiger partial charge in [0.1, 0.15) is 12.1 Å². The van der Waals surface area contributed by atoms with Gasteiger partial charge in [-0.05, 0) is 51.9 Å². The second-order valence-electron chi connectivity index (χ2n) is 6.74. The highest BCUT2D eigenvalue weighted by Gasteiger charge is 2.43. The van der Waals surface area contributed by atoms with Crippen LogP contribution in [0.5, 0.6) is 0 Å². The molecule has 6 nitrogen and oxygen atoms in total. The van der Waals surface area contributed by atoms with Gasteiger partial charge in [0.2, 0.25) is 11.8 Å². The van der Waals surface area contributed by atoms with Gasteiger partial charge >= 0.3 is 0 Å². The van der Waals surface area contributed by atoms with Crippen LogP contribution in [0.4, 0.5) is 0 Å². The summed E-state index contributed by atoms with van der Waals surface area (Å²) in [5, 5.41) is 2.28. The van der Waals surface area contributed by atoms with E-state index >= 15 is 0 Å². The van der Waals surface area contributed by atoms with Crippen molar-refractivity contribution in [2.24, 2.45) is 11.7 Å². The van der Waals surface area contributed by atoms with Crippen molar-refractivity contribution in [3.05, 3.63) is 0 Å². The molecule has 6 heteroatoms. The van der Waals surface area contributed by atoms with Crippen LogP contribution < -0.4 is 11.1 Å². The number of amides is 3. The van der Waals surface area contributed by atoms with E-state index in [2.05, 4.69) is 5.32 Å². The van der Waals surface area contributed by atoms with E-state index in [1.54, 1.807) is 13.8 Å². The van der Waals surface area contributed by atoms with Crippen LogP contribution in [0.15, 0.2) is 0 Å². The molecule has 0 aromatic heterocycles. The highest BCUT2D eigenvalue weighted by Crippen LogP contribution is 2.28. The molecular formula is C15H25N3O3. The molecule has 2 rings (SSSR count). The van der Waals surface area contributed by atoms with Gasteiger partial charge in [-0.15, -0.1) is 0 Å². The number of carbonyl (C=O) groups excluding carboxylic acids is 3. The molecule has 2 aliphatic rings. The zero-order valence-corrected chi connectivity index (χ0v) is 12.9. The van der Waals surface area contributed by atoms with Crippen LogP contribution >= 0.6 is 0 Å². The van der Waals surface area contributed by atoms with E-state index in [1.165, 1.54) is 4.90 Å². The first-order valence-corrected chi connectivity index (χ1v) is 7.71. The number of nitrogens with zero attached hydrogens (tertiary/aromatic N) is 1. The molecule has 1 saturated heterocycles. The molecule has 3 N–H and O–H groups in total. The number of piperazine rings is 1. The summed E-state index contributed by atoms with van der Waals surface area (Å²) in [6.07, 6.45) is 5.39. The Morgan fingerprint density at radius 3 is 2.52 bits per heavy atom. The molecule has 0 radical (unpaired) electrons. The Morgan fingerprint density at radius 1 is 1.29 bits per heavy atom. The number of nitrogens with one attached hydrogen (secondary N) is 1. The molecule has 1 aliphatic carbocycles. The molecular weight excluding hydrogens is 270 g/mol. The van der Waals surface area contributed by atoms with Crippen LogP contribution in [0.1, 0.15) is 52.4 Å². The van der Waals surface area contributed by atoms with Crippen molar-refractivity contribution in [3.63, 3.8) is 0 Å². The van der Waals surface area contributed by atoms with Crippen molar-refractivity contribution >= 4 is 17.7 Å². The third kappa shape index (κ3) is 3.61. The number of hydrogen-bond donors (Lipinski definition) is 2. The average molecular weight is 295 g/mol. The fourth-order valence-corrected chi connectivity index (χ4v) is 3.12. The topological polar surface area (TPSA) is 92.5 Å². The van der Waals surface area contributed by atoms with E-state index in [9.17, 15) is 14.4 Å². The second kappa shape index (κ2) is 6.13. The molecule has 1 heterocycles. The summed E-state index contributed by atoms with van der Waals surface area (Å²) in [6, 6.07) is 0.305. The van der Waals surface area contributed by atoms with Gasteiger partial charge in [-0.2, -0.15) is 0 Å². The molecule has 21 heavy (non-hydrogen) atoms. The SMILES string of the molecule is CC1(C)C(=O)NC(=O)CN1C(=O)CCC1CCC(N)CC1. The fraction of sp³-hybridized carbons (Fsp3) is 0.800. The van der Waals surface area contributed by atoms with Gasteiger partial charge in [0, 0.05) is 12.5 Å². The Hall–Kier alpha value is -1.43. The average Bonchev–Trinajstić information content (AvgIpc) is 2.42. The summed E-state index contributed by atoms with van der Waals surface area (Å²) >= 11 is 0. The first kappa shape index (κ1) is 15.9. The van der Waals surface area contributed by atoms with E-state index < -0.39 is 17.4 Å². The van der Waals surface area contributed by atoms with Crippen molar-refractivity contribution in [3.8, 4) is 0 Å². The molecule has 0 spiro atoms. The molecule has 0 bridgehead atoms. The van der Waals surface area contributed by atoms with E-state index in [0.717, 1.165) is 32.1 Å². The summed E-state index contributed by atoms with van der Waals surface area (Å²) in [7, 11) is 0. The summed E-state index contributed by atoms with van der Waals surface area (Å²) in [5.41, 5.74) is 4.92. The Balaban J connectivity index is 1.90. The molecule has 0 atom stereocenters. The third-order valence-corrected chi connectivity index (χ3v) is 4.74. The predicted octanol–water partition coefficient (Wildman–Crippen LogP) is 0.548. The van der Waals surface area contributed by atoms with E-state index in [1.807, 2.05) is 0 Å². The molecule has 2 fully saturated rings. The molecule has 118 valence electrons. The van der Waals surface area contributed by atoms with Crippen molar-refractivity contribution in [2.75, 3.05) is 6.54 Å². The summed E-state index contributed by atoms with van der Waals surface area (Å²) in [4.78, 5) is 37.1. The van der Waals surface area contributed by atoms with Gasteiger partial charge in [0.15, 0.2) is 0 Å². The highest BCUT2D eigenvalue weighted by molar-refractivity contribution is 6.06. The zero-order valence-electron chi connectivity index (χ0n) is 12.9. The minimum atomic E-state index is -0.958. The fourth-order valence-electron chi connectivity index (χ4n) is 3.12. The Labute approximate surface area is 125 Å². The lowest BCUT2D eigenvalue weighted by molar-refractivity contribution is -0.155. The number of hydrogen-bond acceptors (Lipinski definition) is 4. The standard InChI is InChI=1S/C15H25N3O3/c1-15(2)14(21)17-12(19)9-18(15)13(20)8-5-10-3-6-11(16)7-4-10/h10-11H,3-9,16H2,1-2H3,(H,17,19,21). The molecule has 1 aliphatic heterocycles. The number of carbonyl (C=O) groups is 3. The first-order chi connectivity index (χ1) is 9.80. The van der Waals surface area contributed by atoms with E-state index in [-0.39, 0.29) is 12.5 Å². The van der Waals surface area contributed by atoms with Gasteiger partial charge in [0.05, 0.1) is 0 Å². The Bertz CT molecular complexity index is 439. The number of imide groups is 1. The normalized spacial score (nSPS) is 29.2. The minimum absolute atomic E-state index is 0.0346. The van der Waals surface area contributed by atoms with Gasteiger partial charge in [-0.3, -0.25) is 19.7 Å². The summed E-state index contributed by atoms with van der Waals surface area (Å²) in [5.74, 6) is -0.392. The number of rotatable bonds is 3. The monoisotopic (exact) mass is 295 g/mol. The second-order valence-corrected chi connectivity index (χ2v) is 6.74. The molecule has 3 amide bonds. The largest absolute Gasteiger partial charge is 0.328 e. The van der Waals surface area contributed by atoms with Crippen LogP contribution in [-0.4, -0.2) is 40.7 Å².